The molecule has 1 saturated carbocycles. The summed E-state index contributed by atoms with van der Waals surface area (Å²) in [5, 5.41) is 8.69. The number of carboxylic acids is 1. The second-order valence-electron chi connectivity index (χ2n) is 4.60. The SMILES string of the molecule is COc1ccc(C=CC(=O)O)c(COC2CCC2)c1. The second kappa shape index (κ2) is 6.38. The van der Waals surface area contributed by atoms with Crippen molar-refractivity contribution in [1.29, 1.82) is 0 Å². The van der Waals surface area contributed by atoms with Gasteiger partial charge < -0.3 is 14.6 Å². The van der Waals surface area contributed by atoms with Crippen molar-refractivity contribution in [1.82, 2.24) is 0 Å². The molecule has 0 heterocycles. The van der Waals surface area contributed by atoms with Crippen LogP contribution in [0.25, 0.3) is 6.08 Å². The first-order chi connectivity index (χ1) is 9.19. The van der Waals surface area contributed by atoms with Crippen molar-refractivity contribution in [2.24, 2.45) is 0 Å². The largest absolute Gasteiger partial charge is 0.497 e. The molecular weight excluding hydrogens is 244 g/mol. The van der Waals surface area contributed by atoms with Crippen molar-refractivity contribution < 1.29 is 19.4 Å². The summed E-state index contributed by atoms with van der Waals surface area (Å²) in [6.45, 7) is 0.487. The number of methoxy groups -OCH3 is 1. The molecular formula is C15H18O4. The molecule has 0 aromatic heterocycles. The lowest BCUT2D eigenvalue weighted by Crippen LogP contribution is -2.21. The number of ether oxygens (including phenoxy) is 2. The van der Waals surface area contributed by atoms with Crippen LogP contribution < -0.4 is 4.74 Å². The van der Waals surface area contributed by atoms with Crippen molar-refractivity contribution >= 4 is 12.0 Å². The van der Waals surface area contributed by atoms with Gasteiger partial charge in [0.25, 0.3) is 0 Å². The van der Waals surface area contributed by atoms with Gasteiger partial charge in [0, 0.05) is 6.08 Å². The van der Waals surface area contributed by atoms with Crippen LogP contribution in [0.5, 0.6) is 5.75 Å². The molecule has 0 amide bonds. The summed E-state index contributed by atoms with van der Waals surface area (Å²) in [7, 11) is 1.61. The molecule has 4 nitrogen and oxygen atoms in total. The molecule has 19 heavy (non-hydrogen) atoms. The van der Waals surface area contributed by atoms with Crippen LogP contribution in [0.3, 0.4) is 0 Å². The van der Waals surface area contributed by atoms with Crippen molar-refractivity contribution in [3.05, 3.63) is 35.4 Å². The Morgan fingerprint density at radius 3 is 2.84 bits per heavy atom. The molecule has 0 spiro atoms. The first kappa shape index (κ1) is 13.6. The van der Waals surface area contributed by atoms with Gasteiger partial charge in [-0.3, -0.25) is 0 Å². The molecule has 0 atom stereocenters. The number of aliphatic carboxylic acids is 1. The fourth-order valence-electron chi connectivity index (χ4n) is 1.90. The van der Waals surface area contributed by atoms with Gasteiger partial charge in [0.05, 0.1) is 19.8 Å². The van der Waals surface area contributed by atoms with Crippen LogP contribution >= 0.6 is 0 Å². The molecule has 1 aromatic carbocycles. The Bertz CT molecular complexity index is 475. The molecule has 1 aliphatic carbocycles. The van der Waals surface area contributed by atoms with Crippen molar-refractivity contribution in [3.8, 4) is 5.75 Å². The standard InChI is InChI=1S/C15H18O4/c1-18-14-7-5-11(6-8-15(16)17)12(9-14)10-19-13-3-2-4-13/h5-9,13H,2-4,10H2,1H3,(H,16,17). The molecule has 0 radical (unpaired) electrons. The molecule has 4 heteroatoms. The summed E-state index contributed by atoms with van der Waals surface area (Å²) in [4.78, 5) is 10.6. The maximum absolute atomic E-state index is 10.6. The monoisotopic (exact) mass is 262 g/mol. The number of hydrogen-bond donors (Lipinski definition) is 1. The maximum atomic E-state index is 10.6. The van der Waals surface area contributed by atoms with Crippen LogP contribution in [0.4, 0.5) is 0 Å². The van der Waals surface area contributed by atoms with Gasteiger partial charge in [0.15, 0.2) is 0 Å². The van der Waals surface area contributed by atoms with Crippen LogP contribution in [0.15, 0.2) is 24.3 Å². The molecule has 0 saturated heterocycles. The van der Waals surface area contributed by atoms with Crippen LogP contribution in [-0.4, -0.2) is 24.3 Å². The Morgan fingerprint density at radius 1 is 1.47 bits per heavy atom. The lowest BCUT2D eigenvalue weighted by molar-refractivity contribution is -0.131. The zero-order valence-corrected chi connectivity index (χ0v) is 11.0. The molecule has 1 aromatic rings. The van der Waals surface area contributed by atoms with Gasteiger partial charge in [-0.05, 0) is 48.6 Å². The molecule has 1 N–H and O–H groups in total. The summed E-state index contributed by atoms with van der Waals surface area (Å²) in [6.07, 6.45) is 6.53. The van der Waals surface area contributed by atoms with E-state index in [-0.39, 0.29) is 0 Å². The van der Waals surface area contributed by atoms with Crippen molar-refractivity contribution in [3.63, 3.8) is 0 Å². The minimum Gasteiger partial charge on any atom is -0.497 e. The van der Waals surface area contributed by atoms with E-state index in [9.17, 15) is 4.79 Å². The number of rotatable bonds is 6. The zero-order chi connectivity index (χ0) is 13.7. The Balaban J connectivity index is 2.12. The van der Waals surface area contributed by atoms with E-state index in [1.165, 1.54) is 6.42 Å². The Hall–Kier alpha value is -1.81. The topological polar surface area (TPSA) is 55.8 Å². The van der Waals surface area contributed by atoms with E-state index < -0.39 is 5.97 Å². The number of hydrogen-bond acceptors (Lipinski definition) is 3. The summed E-state index contributed by atoms with van der Waals surface area (Å²) in [5.41, 5.74) is 1.80. The first-order valence-corrected chi connectivity index (χ1v) is 6.38. The van der Waals surface area contributed by atoms with E-state index in [4.69, 9.17) is 14.6 Å². The van der Waals surface area contributed by atoms with Crippen molar-refractivity contribution in [2.45, 2.75) is 32.0 Å². The van der Waals surface area contributed by atoms with Crippen LogP contribution in [0.1, 0.15) is 30.4 Å². The number of benzene rings is 1. The van der Waals surface area contributed by atoms with Gasteiger partial charge in [-0.2, -0.15) is 0 Å². The maximum Gasteiger partial charge on any atom is 0.328 e. The predicted molar refractivity (Wildman–Crippen MR) is 72.1 cm³/mol. The third kappa shape index (κ3) is 3.83. The van der Waals surface area contributed by atoms with Gasteiger partial charge in [0.1, 0.15) is 5.75 Å². The van der Waals surface area contributed by atoms with E-state index in [1.54, 1.807) is 13.2 Å². The molecule has 0 unspecified atom stereocenters. The van der Waals surface area contributed by atoms with Crippen LogP contribution in [0, 0.1) is 0 Å². The van der Waals surface area contributed by atoms with Gasteiger partial charge in [-0.15, -0.1) is 0 Å². The van der Waals surface area contributed by atoms with Crippen molar-refractivity contribution in [2.75, 3.05) is 7.11 Å². The highest BCUT2D eigenvalue weighted by Gasteiger charge is 2.18. The minimum absolute atomic E-state index is 0.350. The molecule has 1 aliphatic rings. The third-order valence-electron chi connectivity index (χ3n) is 3.28. The van der Waals surface area contributed by atoms with Crippen LogP contribution in [0.2, 0.25) is 0 Å². The fraction of sp³-hybridized carbons (Fsp3) is 0.400. The normalized spacial score (nSPS) is 15.4. The zero-order valence-electron chi connectivity index (χ0n) is 11.0. The Kier molecular flexibility index (Phi) is 4.58. The average Bonchev–Trinajstić information content (AvgIpc) is 2.35. The minimum atomic E-state index is -0.957. The second-order valence-corrected chi connectivity index (χ2v) is 4.60. The fourth-order valence-corrected chi connectivity index (χ4v) is 1.90. The first-order valence-electron chi connectivity index (χ1n) is 6.38. The Labute approximate surface area is 112 Å². The van der Waals surface area contributed by atoms with E-state index in [0.717, 1.165) is 35.8 Å². The molecule has 0 bridgehead atoms. The van der Waals surface area contributed by atoms with Gasteiger partial charge in [0.2, 0.25) is 0 Å². The third-order valence-corrected chi connectivity index (χ3v) is 3.28. The quantitative estimate of drug-likeness (QED) is 0.801. The summed E-state index contributed by atoms with van der Waals surface area (Å²) in [5.74, 6) is -0.207. The number of carbonyl (C=O) groups is 1. The molecule has 2 rings (SSSR count). The summed E-state index contributed by atoms with van der Waals surface area (Å²) in [6, 6.07) is 5.55. The van der Waals surface area contributed by atoms with Gasteiger partial charge in [-0.25, -0.2) is 4.79 Å². The lowest BCUT2D eigenvalue weighted by atomic mass is 9.96. The van der Waals surface area contributed by atoms with Gasteiger partial charge >= 0.3 is 5.97 Å². The van der Waals surface area contributed by atoms with E-state index in [0.29, 0.717) is 12.7 Å². The predicted octanol–water partition coefficient (Wildman–Crippen LogP) is 2.86. The highest BCUT2D eigenvalue weighted by molar-refractivity contribution is 5.85. The molecule has 0 aliphatic heterocycles. The summed E-state index contributed by atoms with van der Waals surface area (Å²) >= 11 is 0. The van der Waals surface area contributed by atoms with E-state index in [1.807, 2.05) is 18.2 Å². The summed E-state index contributed by atoms with van der Waals surface area (Å²) < 4.78 is 11.0. The number of carboxylic acid groups (broad SMARTS) is 1. The lowest BCUT2D eigenvalue weighted by Gasteiger charge is -2.25. The highest BCUT2D eigenvalue weighted by atomic mass is 16.5. The smallest absolute Gasteiger partial charge is 0.328 e. The molecule has 1 fully saturated rings. The molecule has 102 valence electrons. The van der Waals surface area contributed by atoms with Crippen LogP contribution in [-0.2, 0) is 16.1 Å². The highest BCUT2D eigenvalue weighted by Crippen LogP contribution is 2.25. The van der Waals surface area contributed by atoms with E-state index in [2.05, 4.69) is 0 Å². The van der Waals surface area contributed by atoms with E-state index >= 15 is 0 Å². The Morgan fingerprint density at radius 2 is 2.26 bits per heavy atom. The average molecular weight is 262 g/mol. The van der Waals surface area contributed by atoms with Gasteiger partial charge in [-0.1, -0.05) is 6.07 Å².